The van der Waals surface area contributed by atoms with E-state index in [1.54, 1.807) is 11.9 Å². The van der Waals surface area contributed by atoms with Gasteiger partial charge in [0.15, 0.2) is 0 Å². The van der Waals surface area contributed by atoms with Crippen LogP contribution in [-0.2, 0) is 4.79 Å². The maximum absolute atomic E-state index is 12.2. The summed E-state index contributed by atoms with van der Waals surface area (Å²) in [6, 6.07) is 13.6. The molecule has 122 valence electrons. The van der Waals surface area contributed by atoms with Gasteiger partial charge in [-0.05, 0) is 30.2 Å². The maximum atomic E-state index is 12.2. The fourth-order valence-corrected chi connectivity index (χ4v) is 3.60. The van der Waals surface area contributed by atoms with E-state index in [0.29, 0.717) is 11.6 Å². The molecule has 0 saturated heterocycles. The van der Waals surface area contributed by atoms with E-state index >= 15 is 0 Å². The maximum Gasteiger partial charge on any atom is 0.240 e. The number of rotatable bonds is 1. The van der Waals surface area contributed by atoms with Gasteiger partial charge in [0.1, 0.15) is 5.75 Å². The summed E-state index contributed by atoms with van der Waals surface area (Å²) < 4.78 is 5.98. The second-order valence-corrected chi connectivity index (χ2v) is 6.63. The molecule has 0 spiro atoms. The van der Waals surface area contributed by atoms with E-state index in [1.165, 1.54) is 0 Å². The van der Waals surface area contributed by atoms with Crippen molar-refractivity contribution in [1.82, 2.24) is 5.01 Å². The first-order chi connectivity index (χ1) is 11.6. The first kappa shape index (κ1) is 15.2. The molecule has 0 radical (unpaired) electrons. The molecule has 24 heavy (non-hydrogen) atoms. The van der Waals surface area contributed by atoms with Gasteiger partial charge in [-0.15, -0.1) is 0 Å². The van der Waals surface area contributed by atoms with E-state index in [9.17, 15) is 4.79 Å². The Morgan fingerprint density at radius 1 is 1.29 bits per heavy atom. The van der Waals surface area contributed by atoms with Crippen molar-refractivity contribution in [1.29, 1.82) is 0 Å². The van der Waals surface area contributed by atoms with Crippen molar-refractivity contribution in [3.63, 3.8) is 0 Å². The molecular weight excluding hydrogens is 324 g/mol. The van der Waals surface area contributed by atoms with Gasteiger partial charge in [0.2, 0.25) is 5.91 Å². The number of nitrogens with zero attached hydrogens (tertiary/aromatic N) is 2. The molecular formula is C19H17ClN2O2. The summed E-state index contributed by atoms with van der Waals surface area (Å²) in [4.78, 5) is 12.2. The van der Waals surface area contributed by atoms with Crippen molar-refractivity contribution in [2.75, 3.05) is 6.61 Å². The third-order valence-corrected chi connectivity index (χ3v) is 5.04. The number of fused-ring (bicyclic) bond motifs is 3. The highest BCUT2D eigenvalue weighted by Crippen LogP contribution is 2.43. The second-order valence-electron chi connectivity index (χ2n) is 6.22. The molecule has 2 aliphatic heterocycles. The summed E-state index contributed by atoms with van der Waals surface area (Å²) in [5, 5.41) is 6.89. The average Bonchev–Trinajstić information content (AvgIpc) is 2.97. The fourth-order valence-electron chi connectivity index (χ4n) is 3.44. The van der Waals surface area contributed by atoms with Gasteiger partial charge in [-0.25, -0.2) is 5.01 Å². The number of aryl methyl sites for hydroxylation is 1. The number of halogens is 1. The average molecular weight is 341 g/mol. The van der Waals surface area contributed by atoms with Crippen LogP contribution in [0.3, 0.4) is 0 Å². The smallest absolute Gasteiger partial charge is 0.240 e. The standard InChI is InChI=1S/C19H17ClN2O2/c1-11-8-17-14(9-16(11)20)18-15(10-24-17)19(22(21-18)12(2)23)13-6-4-3-5-7-13/h3-9,15,19H,10H2,1-2H3/t15-,19?/m1/s1. The summed E-state index contributed by atoms with van der Waals surface area (Å²) in [5.74, 6) is 0.706. The van der Waals surface area contributed by atoms with Crippen LogP contribution in [0.1, 0.15) is 29.7 Å². The Morgan fingerprint density at radius 3 is 2.75 bits per heavy atom. The van der Waals surface area contributed by atoms with Crippen molar-refractivity contribution >= 4 is 23.2 Å². The minimum absolute atomic E-state index is 0.00238. The lowest BCUT2D eigenvalue weighted by Gasteiger charge is -2.29. The largest absolute Gasteiger partial charge is 0.492 e. The molecule has 0 N–H and O–H groups in total. The van der Waals surface area contributed by atoms with E-state index < -0.39 is 0 Å². The molecule has 2 atom stereocenters. The van der Waals surface area contributed by atoms with Crippen LogP contribution in [0.25, 0.3) is 0 Å². The molecule has 2 heterocycles. The SMILES string of the molecule is CC(=O)N1N=C2c3cc(Cl)c(C)cc3OC[C@H]2C1c1ccccc1. The van der Waals surface area contributed by atoms with Crippen LogP contribution in [0.2, 0.25) is 5.02 Å². The Hall–Kier alpha value is -2.33. The van der Waals surface area contributed by atoms with Crippen LogP contribution in [-0.4, -0.2) is 23.2 Å². The highest BCUT2D eigenvalue weighted by atomic mass is 35.5. The molecule has 4 nitrogen and oxygen atoms in total. The van der Waals surface area contributed by atoms with E-state index in [1.807, 2.05) is 49.4 Å². The number of amides is 1. The zero-order valence-corrected chi connectivity index (χ0v) is 14.2. The lowest BCUT2D eigenvalue weighted by atomic mass is 9.85. The van der Waals surface area contributed by atoms with Crippen molar-refractivity contribution in [3.8, 4) is 5.75 Å². The number of ether oxygens (including phenoxy) is 1. The van der Waals surface area contributed by atoms with E-state index in [4.69, 9.17) is 16.3 Å². The lowest BCUT2D eigenvalue weighted by molar-refractivity contribution is -0.131. The van der Waals surface area contributed by atoms with E-state index in [-0.39, 0.29) is 17.9 Å². The van der Waals surface area contributed by atoms with Crippen LogP contribution >= 0.6 is 11.6 Å². The summed E-state index contributed by atoms with van der Waals surface area (Å²) in [6.07, 6.45) is 0. The summed E-state index contributed by atoms with van der Waals surface area (Å²) in [5.41, 5.74) is 3.78. The summed E-state index contributed by atoms with van der Waals surface area (Å²) in [7, 11) is 0. The first-order valence-corrected chi connectivity index (χ1v) is 8.30. The monoisotopic (exact) mass is 340 g/mol. The van der Waals surface area contributed by atoms with Gasteiger partial charge in [0.25, 0.3) is 0 Å². The van der Waals surface area contributed by atoms with Crippen LogP contribution < -0.4 is 4.74 Å². The Balaban J connectivity index is 1.83. The van der Waals surface area contributed by atoms with Crippen LogP contribution in [0, 0.1) is 12.8 Å². The van der Waals surface area contributed by atoms with Crippen LogP contribution in [0.4, 0.5) is 0 Å². The van der Waals surface area contributed by atoms with Crippen molar-refractivity contribution < 1.29 is 9.53 Å². The molecule has 2 aliphatic rings. The van der Waals surface area contributed by atoms with E-state index in [2.05, 4.69) is 5.10 Å². The van der Waals surface area contributed by atoms with E-state index in [0.717, 1.165) is 28.2 Å². The van der Waals surface area contributed by atoms with Crippen LogP contribution in [0.5, 0.6) is 5.75 Å². The number of carbonyl (C=O) groups excluding carboxylic acids is 1. The molecule has 0 fully saturated rings. The summed E-state index contributed by atoms with van der Waals surface area (Å²) >= 11 is 6.30. The second kappa shape index (κ2) is 5.64. The van der Waals surface area contributed by atoms with Gasteiger partial charge in [-0.1, -0.05) is 41.9 Å². The molecule has 0 aliphatic carbocycles. The highest BCUT2D eigenvalue weighted by molar-refractivity contribution is 6.32. The molecule has 2 aromatic rings. The molecule has 0 bridgehead atoms. The summed E-state index contributed by atoms with van der Waals surface area (Å²) in [6.45, 7) is 3.99. The van der Waals surface area contributed by atoms with Gasteiger partial charge in [-0.3, -0.25) is 4.79 Å². The Kier molecular flexibility index (Phi) is 3.57. The minimum Gasteiger partial charge on any atom is -0.492 e. The normalized spacial score (nSPS) is 21.6. The van der Waals surface area contributed by atoms with Crippen molar-refractivity contribution in [3.05, 3.63) is 64.2 Å². The fraction of sp³-hybridized carbons (Fsp3) is 0.263. The lowest BCUT2D eigenvalue weighted by Crippen LogP contribution is -2.34. The Bertz CT molecular complexity index is 848. The Morgan fingerprint density at radius 2 is 2.04 bits per heavy atom. The molecule has 1 unspecified atom stereocenters. The molecule has 5 heteroatoms. The molecule has 2 aromatic carbocycles. The first-order valence-electron chi connectivity index (χ1n) is 7.93. The number of hydrogen-bond acceptors (Lipinski definition) is 3. The zero-order valence-electron chi connectivity index (χ0n) is 13.5. The molecule has 0 saturated carbocycles. The minimum atomic E-state index is -0.146. The molecule has 0 aromatic heterocycles. The highest BCUT2D eigenvalue weighted by Gasteiger charge is 2.44. The molecule has 4 rings (SSSR count). The number of hydrazone groups is 1. The third-order valence-electron chi connectivity index (χ3n) is 4.63. The molecule has 1 amide bonds. The van der Waals surface area contributed by atoms with Crippen molar-refractivity contribution in [2.45, 2.75) is 19.9 Å². The van der Waals surface area contributed by atoms with Gasteiger partial charge in [-0.2, -0.15) is 5.10 Å². The zero-order chi connectivity index (χ0) is 16.8. The van der Waals surface area contributed by atoms with Crippen LogP contribution in [0.15, 0.2) is 47.6 Å². The quantitative estimate of drug-likeness (QED) is 0.788. The predicted molar refractivity (Wildman–Crippen MR) is 93.4 cm³/mol. The van der Waals surface area contributed by atoms with Crippen molar-refractivity contribution in [2.24, 2.45) is 11.0 Å². The number of carbonyl (C=O) groups is 1. The van der Waals surface area contributed by atoms with Gasteiger partial charge in [0, 0.05) is 17.5 Å². The van der Waals surface area contributed by atoms with Gasteiger partial charge in [0.05, 0.1) is 24.3 Å². The number of benzene rings is 2. The Labute approximate surface area is 145 Å². The third kappa shape index (κ3) is 2.29. The topological polar surface area (TPSA) is 41.9 Å². The number of hydrogen-bond donors (Lipinski definition) is 0. The van der Waals surface area contributed by atoms with Gasteiger partial charge >= 0.3 is 0 Å². The predicted octanol–water partition coefficient (Wildman–Crippen LogP) is 3.96. The van der Waals surface area contributed by atoms with Gasteiger partial charge < -0.3 is 4.74 Å².